The molecular weight excluding hydrogens is 429 g/mol. The van der Waals surface area contributed by atoms with E-state index in [1.807, 2.05) is 0 Å². The Morgan fingerprint density at radius 3 is 2.40 bits per heavy atom. The van der Waals surface area contributed by atoms with E-state index in [-0.39, 0.29) is 38.9 Å². The van der Waals surface area contributed by atoms with Crippen LogP contribution >= 0.6 is 46.4 Å². The Kier molecular flexibility index (Phi) is 6.30. The van der Waals surface area contributed by atoms with Crippen LogP contribution in [-0.2, 0) is 4.79 Å². The van der Waals surface area contributed by atoms with E-state index < -0.39 is 30.6 Å². The molecule has 138 valence electrons. The summed E-state index contributed by atoms with van der Waals surface area (Å²) < 4.78 is 36.7. The zero-order chi connectivity index (χ0) is 18.9. The Bertz CT molecular complexity index is 715. The van der Waals surface area contributed by atoms with Crippen molar-refractivity contribution < 1.29 is 22.8 Å². The summed E-state index contributed by atoms with van der Waals surface area (Å²) in [4.78, 5) is 29.5. The first-order valence-corrected chi connectivity index (χ1v) is 8.39. The third-order valence-corrected chi connectivity index (χ3v) is 5.14. The number of amides is 2. The molecule has 12 heteroatoms. The number of halogens is 7. The number of aromatic nitrogens is 1. The Labute approximate surface area is 160 Å². The first-order chi connectivity index (χ1) is 11.5. The number of carbonyl (C=O) groups excluding carboxylic acids is 2. The number of hydrogen-bond acceptors (Lipinski definition) is 3. The van der Waals surface area contributed by atoms with Crippen molar-refractivity contribution in [2.45, 2.75) is 25.1 Å². The lowest BCUT2D eigenvalue weighted by Crippen LogP contribution is -2.48. The number of likely N-dealkylation sites (tertiary alicyclic amines) is 1. The van der Waals surface area contributed by atoms with Crippen LogP contribution in [0.25, 0.3) is 0 Å². The van der Waals surface area contributed by atoms with Crippen molar-refractivity contribution in [2.75, 3.05) is 13.1 Å². The van der Waals surface area contributed by atoms with Gasteiger partial charge in [0, 0.05) is 6.54 Å². The van der Waals surface area contributed by atoms with E-state index in [2.05, 4.69) is 4.98 Å². The zero-order valence-electron chi connectivity index (χ0n) is 12.3. The lowest BCUT2D eigenvalue weighted by atomic mass is 10.2. The maximum absolute atomic E-state index is 12.6. The summed E-state index contributed by atoms with van der Waals surface area (Å²) in [6, 6.07) is -1.07. The largest absolute Gasteiger partial charge is 0.405 e. The summed E-state index contributed by atoms with van der Waals surface area (Å²) in [6.45, 7) is -1.33. The zero-order valence-corrected chi connectivity index (χ0v) is 15.3. The minimum Gasteiger partial charge on any atom is -0.345 e. The van der Waals surface area contributed by atoms with E-state index in [0.717, 1.165) is 4.90 Å². The molecule has 0 saturated carbocycles. The molecule has 1 aliphatic rings. The molecule has 0 aliphatic carbocycles. The second-order valence-electron chi connectivity index (χ2n) is 5.18. The van der Waals surface area contributed by atoms with E-state index >= 15 is 0 Å². The number of nitrogens with one attached hydrogen (secondary N) is 1. The highest BCUT2D eigenvalue weighted by Gasteiger charge is 2.38. The van der Waals surface area contributed by atoms with Crippen molar-refractivity contribution in [3.05, 3.63) is 25.9 Å². The molecule has 0 radical (unpaired) electrons. The molecule has 0 aromatic carbocycles. The van der Waals surface area contributed by atoms with Gasteiger partial charge in [0.25, 0.3) is 5.91 Å². The maximum atomic E-state index is 12.6. The Balaban J connectivity index is 2.23. The molecule has 2 heterocycles. The van der Waals surface area contributed by atoms with Crippen LogP contribution in [0.5, 0.6) is 0 Å². The van der Waals surface area contributed by atoms with Gasteiger partial charge in [-0.3, -0.25) is 9.59 Å². The highest BCUT2D eigenvalue weighted by Crippen LogP contribution is 2.37. The maximum Gasteiger partial charge on any atom is 0.405 e. The van der Waals surface area contributed by atoms with Crippen LogP contribution in [0.3, 0.4) is 0 Å². The smallest absolute Gasteiger partial charge is 0.345 e. The van der Waals surface area contributed by atoms with Gasteiger partial charge in [-0.1, -0.05) is 46.4 Å². The fourth-order valence-electron chi connectivity index (χ4n) is 2.35. The molecule has 1 N–H and O–H groups in total. The van der Waals surface area contributed by atoms with Gasteiger partial charge in [-0.25, -0.2) is 4.98 Å². The van der Waals surface area contributed by atoms with E-state index in [0.29, 0.717) is 6.42 Å². The second kappa shape index (κ2) is 7.73. The Morgan fingerprint density at radius 2 is 1.80 bits per heavy atom. The third-order valence-electron chi connectivity index (χ3n) is 3.47. The fourth-order valence-corrected chi connectivity index (χ4v) is 3.16. The molecule has 1 fully saturated rings. The molecule has 1 saturated heterocycles. The summed E-state index contributed by atoms with van der Waals surface area (Å²) in [5, 5.41) is 0.952. The summed E-state index contributed by atoms with van der Waals surface area (Å²) >= 11 is 23.4. The predicted molar refractivity (Wildman–Crippen MR) is 87.4 cm³/mol. The van der Waals surface area contributed by atoms with E-state index in [9.17, 15) is 22.8 Å². The third kappa shape index (κ3) is 4.61. The van der Waals surface area contributed by atoms with Crippen molar-refractivity contribution in [1.29, 1.82) is 0 Å². The number of alkyl halides is 3. The second-order valence-corrected chi connectivity index (χ2v) is 6.67. The van der Waals surface area contributed by atoms with Crippen LogP contribution in [0.4, 0.5) is 13.2 Å². The fraction of sp³-hybridized carbons (Fsp3) is 0.462. The predicted octanol–water partition coefficient (Wildman–Crippen LogP) is 3.98. The average molecular weight is 439 g/mol. The number of pyridine rings is 1. The highest BCUT2D eigenvalue weighted by molar-refractivity contribution is 6.52. The van der Waals surface area contributed by atoms with Gasteiger partial charge in [-0.2, -0.15) is 13.2 Å². The quantitative estimate of drug-likeness (QED) is 0.726. The molecule has 0 bridgehead atoms. The van der Waals surface area contributed by atoms with Crippen molar-refractivity contribution in [3.63, 3.8) is 0 Å². The molecule has 2 rings (SSSR count). The molecule has 1 aliphatic heterocycles. The summed E-state index contributed by atoms with van der Waals surface area (Å²) in [7, 11) is 0. The molecule has 0 spiro atoms. The monoisotopic (exact) mass is 437 g/mol. The van der Waals surface area contributed by atoms with Crippen molar-refractivity contribution in [3.8, 4) is 0 Å². The summed E-state index contributed by atoms with van der Waals surface area (Å²) in [5.74, 6) is -1.68. The van der Waals surface area contributed by atoms with Crippen LogP contribution < -0.4 is 5.32 Å². The van der Waals surface area contributed by atoms with Gasteiger partial charge in [0.1, 0.15) is 23.4 Å². The van der Waals surface area contributed by atoms with Gasteiger partial charge in [0.05, 0.1) is 15.1 Å². The van der Waals surface area contributed by atoms with Gasteiger partial charge < -0.3 is 10.2 Å². The number of hydrogen-bond donors (Lipinski definition) is 1. The minimum absolute atomic E-state index is 0.134. The first kappa shape index (κ1) is 20.4. The molecule has 5 nitrogen and oxygen atoms in total. The van der Waals surface area contributed by atoms with Crippen LogP contribution in [0.15, 0.2) is 0 Å². The SMILES string of the molecule is O=C(NCC(F)(F)F)[C@@H]1CCCN1C(=O)c1nc(Cl)c(Cl)c(Cl)c1Cl. The van der Waals surface area contributed by atoms with Crippen LogP contribution in [0.1, 0.15) is 23.3 Å². The molecular formula is C13H10Cl4F3N3O2. The molecule has 25 heavy (non-hydrogen) atoms. The standard InChI is InChI=1S/C13H10Cl4F3N3O2/c14-6-7(15)9(22-10(17)8(6)16)12(25)23-3-1-2-5(23)11(24)21-4-13(18,19)20/h5H,1-4H2,(H,21,24)/t5-/m0/s1. The minimum atomic E-state index is -4.55. The van der Waals surface area contributed by atoms with Gasteiger partial charge >= 0.3 is 6.18 Å². The molecule has 1 atom stereocenters. The first-order valence-electron chi connectivity index (χ1n) is 6.88. The Morgan fingerprint density at radius 1 is 1.16 bits per heavy atom. The summed E-state index contributed by atoms with van der Waals surface area (Å²) in [6.07, 6.45) is -3.91. The Hall–Kier alpha value is -0.960. The lowest BCUT2D eigenvalue weighted by molar-refractivity contribution is -0.140. The molecule has 1 aromatic heterocycles. The van der Waals surface area contributed by atoms with E-state index in [4.69, 9.17) is 46.4 Å². The lowest BCUT2D eigenvalue weighted by Gasteiger charge is -2.24. The average Bonchev–Trinajstić information content (AvgIpc) is 3.02. The molecule has 2 amide bonds. The van der Waals surface area contributed by atoms with Crippen molar-refractivity contribution in [1.82, 2.24) is 15.2 Å². The summed E-state index contributed by atoms with van der Waals surface area (Å²) in [5.41, 5.74) is -0.323. The van der Waals surface area contributed by atoms with E-state index in [1.54, 1.807) is 5.32 Å². The van der Waals surface area contributed by atoms with Crippen molar-refractivity contribution >= 4 is 58.2 Å². The van der Waals surface area contributed by atoms with Gasteiger partial charge in [-0.15, -0.1) is 0 Å². The number of nitrogens with zero attached hydrogens (tertiary/aromatic N) is 2. The van der Waals surface area contributed by atoms with Gasteiger partial charge in [-0.05, 0) is 12.8 Å². The topological polar surface area (TPSA) is 62.3 Å². The van der Waals surface area contributed by atoms with E-state index in [1.165, 1.54) is 0 Å². The normalized spacial score (nSPS) is 17.7. The van der Waals surface area contributed by atoms with Crippen LogP contribution in [0.2, 0.25) is 20.2 Å². The van der Waals surface area contributed by atoms with Gasteiger partial charge in [0.15, 0.2) is 0 Å². The molecule has 0 unspecified atom stereocenters. The molecule has 1 aromatic rings. The van der Waals surface area contributed by atoms with Crippen LogP contribution in [0, 0.1) is 0 Å². The van der Waals surface area contributed by atoms with Crippen molar-refractivity contribution in [2.24, 2.45) is 0 Å². The number of rotatable bonds is 3. The highest BCUT2D eigenvalue weighted by atomic mass is 35.5. The van der Waals surface area contributed by atoms with Crippen LogP contribution in [-0.4, -0.2) is 47.0 Å². The number of carbonyl (C=O) groups is 2. The van der Waals surface area contributed by atoms with Gasteiger partial charge in [0.2, 0.25) is 5.91 Å².